The number of aromatic hydroxyl groups is 1. The number of carbonyl (C=O) groups is 1. The van der Waals surface area contributed by atoms with Crippen LogP contribution in [-0.2, 0) is 0 Å². The molecule has 78 valence electrons. The molecule has 0 spiro atoms. The Balaban J connectivity index is 3.39. The standard InChI is InChI=1S/C10H8BrNO3/c1-15-9-3-2-6(8(13)4-11)7(5-12)10(9)14/h2-3,14H,4H2,1H3. The van der Waals surface area contributed by atoms with Crippen LogP contribution in [-0.4, -0.2) is 23.3 Å². The number of rotatable bonds is 3. The summed E-state index contributed by atoms with van der Waals surface area (Å²) < 4.78 is 4.83. The van der Waals surface area contributed by atoms with Gasteiger partial charge in [-0.15, -0.1) is 0 Å². The number of phenols is 1. The van der Waals surface area contributed by atoms with E-state index in [4.69, 9.17) is 10.00 Å². The summed E-state index contributed by atoms with van der Waals surface area (Å²) in [5, 5.41) is 18.5. The SMILES string of the molecule is COc1ccc(C(=O)CBr)c(C#N)c1O. The molecule has 0 saturated heterocycles. The minimum atomic E-state index is -0.299. The number of hydrogen-bond acceptors (Lipinski definition) is 4. The highest BCUT2D eigenvalue weighted by molar-refractivity contribution is 9.09. The van der Waals surface area contributed by atoms with Crippen molar-refractivity contribution in [3.8, 4) is 17.6 Å². The summed E-state index contributed by atoms with van der Waals surface area (Å²) in [7, 11) is 1.38. The van der Waals surface area contributed by atoms with E-state index in [-0.39, 0.29) is 33.7 Å². The molecule has 1 aromatic rings. The van der Waals surface area contributed by atoms with Gasteiger partial charge in [0.25, 0.3) is 0 Å². The van der Waals surface area contributed by atoms with Gasteiger partial charge in [0.05, 0.1) is 12.4 Å². The van der Waals surface area contributed by atoms with E-state index in [1.54, 1.807) is 6.07 Å². The van der Waals surface area contributed by atoms with Gasteiger partial charge >= 0.3 is 0 Å². The van der Waals surface area contributed by atoms with Crippen molar-refractivity contribution >= 4 is 21.7 Å². The van der Waals surface area contributed by atoms with E-state index in [1.807, 2.05) is 0 Å². The molecule has 0 fully saturated rings. The molecule has 1 aromatic carbocycles. The van der Waals surface area contributed by atoms with Crippen LogP contribution in [0.2, 0.25) is 0 Å². The summed E-state index contributed by atoms with van der Waals surface area (Å²) in [4.78, 5) is 11.4. The molecular formula is C10H8BrNO3. The Morgan fingerprint density at radius 3 is 2.80 bits per heavy atom. The predicted octanol–water partition coefficient (Wildman–Crippen LogP) is 1.85. The summed E-state index contributed by atoms with van der Waals surface area (Å²) in [6.45, 7) is 0. The number of ketones is 1. The van der Waals surface area contributed by atoms with Gasteiger partial charge < -0.3 is 9.84 Å². The third-order valence-electron chi connectivity index (χ3n) is 1.89. The molecule has 0 radical (unpaired) electrons. The van der Waals surface area contributed by atoms with E-state index < -0.39 is 0 Å². The van der Waals surface area contributed by atoms with Gasteiger partial charge in [-0.1, -0.05) is 15.9 Å². The summed E-state index contributed by atoms with van der Waals surface area (Å²) in [5.41, 5.74) is 0.131. The Morgan fingerprint density at radius 1 is 1.67 bits per heavy atom. The lowest BCUT2D eigenvalue weighted by Crippen LogP contribution is -2.03. The first-order valence-electron chi connectivity index (χ1n) is 4.05. The Bertz CT molecular complexity index is 437. The third kappa shape index (κ3) is 2.10. The minimum Gasteiger partial charge on any atom is -0.503 e. The number of phenolic OH excluding ortho intramolecular Hbond substituents is 1. The number of halogens is 1. The molecule has 0 amide bonds. The van der Waals surface area contributed by atoms with Crippen LogP contribution < -0.4 is 4.74 Å². The van der Waals surface area contributed by atoms with E-state index in [1.165, 1.54) is 19.2 Å². The number of carbonyl (C=O) groups excluding carboxylic acids is 1. The van der Waals surface area contributed by atoms with Gasteiger partial charge in [0.15, 0.2) is 17.3 Å². The zero-order valence-electron chi connectivity index (χ0n) is 7.95. The molecule has 0 aliphatic carbocycles. The molecule has 1 N–H and O–H groups in total. The number of nitriles is 1. The van der Waals surface area contributed by atoms with Crippen LogP contribution in [0.5, 0.6) is 11.5 Å². The quantitative estimate of drug-likeness (QED) is 0.672. The molecular weight excluding hydrogens is 262 g/mol. The fourth-order valence-electron chi connectivity index (χ4n) is 1.15. The van der Waals surface area contributed by atoms with E-state index >= 15 is 0 Å². The van der Waals surface area contributed by atoms with Crippen LogP contribution in [0.25, 0.3) is 0 Å². The number of Topliss-reactive ketones (excluding diaryl/α,β-unsaturated/α-hetero) is 1. The second-order valence-electron chi connectivity index (χ2n) is 2.71. The summed E-state index contributed by atoms with van der Waals surface area (Å²) in [5.74, 6) is -0.381. The van der Waals surface area contributed by atoms with E-state index in [2.05, 4.69) is 15.9 Å². The summed E-state index contributed by atoms with van der Waals surface area (Å²) in [6, 6.07) is 4.69. The zero-order chi connectivity index (χ0) is 11.4. The maximum absolute atomic E-state index is 11.4. The van der Waals surface area contributed by atoms with Crippen molar-refractivity contribution in [3.63, 3.8) is 0 Å². The number of nitrogens with zero attached hydrogens (tertiary/aromatic N) is 1. The molecule has 5 heteroatoms. The largest absolute Gasteiger partial charge is 0.503 e. The Labute approximate surface area is 95.2 Å². The van der Waals surface area contributed by atoms with E-state index in [9.17, 15) is 9.90 Å². The van der Waals surface area contributed by atoms with Crippen molar-refractivity contribution in [1.29, 1.82) is 5.26 Å². The molecule has 0 aliphatic heterocycles. The summed E-state index contributed by atoms with van der Waals surface area (Å²) in [6.07, 6.45) is 0. The van der Waals surface area contributed by atoms with Crippen LogP contribution in [0, 0.1) is 11.3 Å². The second kappa shape index (κ2) is 4.80. The van der Waals surface area contributed by atoms with Gasteiger partial charge in [0, 0.05) is 5.56 Å². The van der Waals surface area contributed by atoms with Crippen molar-refractivity contribution in [2.24, 2.45) is 0 Å². The zero-order valence-corrected chi connectivity index (χ0v) is 9.54. The Kier molecular flexibility index (Phi) is 3.69. The molecule has 1 rings (SSSR count). The van der Waals surface area contributed by atoms with Crippen LogP contribution in [0.4, 0.5) is 0 Å². The molecule has 0 aliphatic rings. The summed E-state index contributed by atoms with van der Waals surface area (Å²) >= 11 is 3.00. The molecule has 0 saturated carbocycles. The number of benzene rings is 1. The average Bonchev–Trinajstić information content (AvgIpc) is 2.27. The molecule has 15 heavy (non-hydrogen) atoms. The van der Waals surface area contributed by atoms with Gasteiger partial charge in [-0.3, -0.25) is 4.79 Å². The predicted molar refractivity (Wildman–Crippen MR) is 57.5 cm³/mol. The highest BCUT2D eigenvalue weighted by Gasteiger charge is 2.17. The molecule has 0 bridgehead atoms. The van der Waals surface area contributed by atoms with Gasteiger partial charge in [-0.05, 0) is 12.1 Å². The minimum absolute atomic E-state index is 0.0567. The number of methoxy groups -OCH3 is 1. The van der Waals surface area contributed by atoms with Gasteiger partial charge in [0.2, 0.25) is 0 Å². The molecule has 0 heterocycles. The lowest BCUT2D eigenvalue weighted by atomic mass is 10.0. The normalized spacial score (nSPS) is 9.40. The lowest BCUT2D eigenvalue weighted by Gasteiger charge is -2.07. The van der Waals surface area contributed by atoms with Crippen molar-refractivity contribution in [2.75, 3.05) is 12.4 Å². The van der Waals surface area contributed by atoms with Crippen molar-refractivity contribution in [3.05, 3.63) is 23.3 Å². The third-order valence-corrected chi connectivity index (χ3v) is 2.40. The first kappa shape index (κ1) is 11.5. The van der Waals surface area contributed by atoms with Crippen LogP contribution in [0.1, 0.15) is 15.9 Å². The van der Waals surface area contributed by atoms with E-state index in [0.29, 0.717) is 0 Å². The number of ether oxygens (including phenoxy) is 1. The highest BCUT2D eigenvalue weighted by Crippen LogP contribution is 2.31. The number of alkyl halides is 1. The first-order valence-corrected chi connectivity index (χ1v) is 5.17. The second-order valence-corrected chi connectivity index (χ2v) is 3.27. The fraction of sp³-hybridized carbons (Fsp3) is 0.200. The van der Waals surface area contributed by atoms with E-state index in [0.717, 1.165) is 0 Å². The average molecular weight is 270 g/mol. The fourth-order valence-corrected chi connectivity index (χ4v) is 1.46. The molecule has 0 atom stereocenters. The van der Waals surface area contributed by atoms with Crippen molar-refractivity contribution in [1.82, 2.24) is 0 Å². The maximum atomic E-state index is 11.4. The first-order chi connectivity index (χ1) is 7.15. The van der Waals surface area contributed by atoms with Gasteiger partial charge in [-0.2, -0.15) is 5.26 Å². The number of hydrogen-bond donors (Lipinski definition) is 1. The maximum Gasteiger partial charge on any atom is 0.176 e. The smallest absolute Gasteiger partial charge is 0.176 e. The van der Waals surface area contributed by atoms with Crippen LogP contribution >= 0.6 is 15.9 Å². The molecule has 0 aromatic heterocycles. The lowest BCUT2D eigenvalue weighted by molar-refractivity contribution is 0.102. The highest BCUT2D eigenvalue weighted by atomic mass is 79.9. The van der Waals surface area contributed by atoms with Gasteiger partial charge in [-0.25, -0.2) is 0 Å². The van der Waals surface area contributed by atoms with Crippen LogP contribution in [0.3, 0.4) is 0 Å². The Hall–Kier alpha value is -1.54. The van der Waals surface area contributed by atoms with Crippen LogP contribution in [0.15, 0.2) is 12.1 Å². The monoisotopic (exact) mass is 269 g/mol. The molecule has 0 unspecified atom stereocenters. The van der Waals surface area contributed by atoms with Crippen molar-refractivity contribution < 1.29 is 14.6 Å². The van der Waals surface area contributed by atoms with Gasteiger partial charge in [0.1, 0.15) is 11.6 Å². The molecule has 4 nitrogen and oxygen atoms in total. The Morgan fingerprint density at radius 2 is 2.33 bits per heavy atom. The topological polar surface area (TPSA) is 70.3 Å². The van der Waals surface area contributed by atoms with Crippen molar-refractivity contribution in [2.45, 2.75) is 0 Å².